The van der Waals surface area contributed by atoms with E-state index in [1.165, 1.54) is 5.69 Å². The molecule has 5 nitrogen and oxygen atoms in total. The highest BCUT2D eigenvalue weighted by Crippen LogP contribution is 2.24. The fraction of sp³-hybridized carbons (Fsp3) is 0.438. The number of aromatic nitrogens is 2. The molecule has 0 fully saturated rings. The normalized spacial score (nSPS) is 12.4. The van der Waals surface area contributed by atoms with Gasteiger partial charge < -0.3 is 4.74 Å². The molecule has 0 saturated carbocycles. The van der Waals surface area contributed by atoms with Crippen LogP contribution in [0.25, 0.3) is 0 Å². The quantitative estimate of drug-likeness (QED) is 0.632. The highest BCUT2D eigenvalue weighted by atomic mass is 16.5. The van der Waals surface area contributed by atoms with Crippen LogP contribution in [-0.2, 0) is 13.0 Å². The van der Waals surface area contributed by atoms with Crippen molar-refractivity contribution in [1.29, 1.82) is 0 Å². The molecule has 0 aliphatic carbocycles. The molecule has 3 N–H and O–H groups in total. The summed E-state index contributed by atoms with van der Waals surface area (Å²) in [6, 6.07) is 8.32. The summed E-state index contributed by atoms with van der Waals surface area (Å²) in [5, 5.41) is 4.48. The van der Waals surface area contributed by atoms with Crippen LogP contribution in [-0.4, -0.2) is 16.9 Å². The van der Waals surface area contributed by atoms with Crippen LogP contribution in [0.1, 0.15) is 35.5 Å². The molecule has 0 aliphatic rings. The van der Waals surface area contributed by atoms with E-state index in [1.54, 1.807) is 7.11 Å². The third-order valence-corrected chi connectivity index (χ3v) is 3.72. The van der Waals surface area contributed by atoms with Gasteiger partial charge in [0.05, 0.1) is 18.8 Å². The van der Waals surface area contributed by atoms with Crippen molar-refractivity contribution in [2.75, 3.05) is 7.11 Å². The topological polar surface area (TPSA) is 65.1 Å². The third kappa shape index (κ3) is 3.43. The largest absolute Gasteiger partial charge is 0.496 e. The number of nitrogens with one attached hydrogen (secondary N) is 1. The molecule has 0 radical (unpaired) electrons. The first kappa shape index (κ1) is 15.5. The van der Waals surface area contributed by atoms with E-state index in [0.717, 1.165) is 35.5 Å². The standard InChI is InChI=1S/C16H24N4O/c1-5-20-14(9-12(3)19-20)10-15(18-17)13-6-7-16(21-4)11(2)8-13/h6-9,15,18H,5,10,17H2,1-4H3. The zero-order valence-corrected chi connectivity index (χ0v) is 13.2. The summed E-state index contributed by atoms with van der Waals surface area (Å²) < 4.78 is 7.33. The van der Waals surface area contributed by atoms with Gasteiger partial charge in [0.25, 0.3) is 0 Å². The minimum Gasteiger partial charge on any atom is -0.496 e. The number of methoxy groups -OCH3 is 1. The van der Waals surface area contributed by atoms with Gasteiger partial charge in [0.15, 0.2) is 0 Å². The van der Waals surface area contributed by atoms with Crippen molar-refractivity contribution < 1.29 is 4.74 Å². The Morgan fingerprint density at radius 3 is 2.67 bits per heavy atom. The maximum absolute atomic E-state index is 5.76. The lowest BCUT2D eigenvalue weighted by atomic mass is 10.00. The number of benzene rings is 1. The van der Waals surface area contributed by atoms with Crippen molar-refractivity contribution in [3.63, 3.8) is 0 Å². The Kier molecular flexibility index (Phi) is 4.98. The van der Waals surface area contributed by atoms with Gasteiger partial charge in [-0.1, -0.05) is 12.1 Å². The van der Waals surface area contributed by atoms with Crippen molar-refractivity contribution in [1.82, 2.24) is 15.2 Å². The van der Waals surface area contributed by atoms with Crippen LogP contribution in [0.4, 0.5) is 0 Å². The first-order chi connectivity index (χ1) is 10.1. The summed E-state index contributed by atoms with van der Waals surface area (Å²) in [6.45, 7) is 7.01. The van der Waals surface area contributed by atoms with E-state index in [4.69, 9.17) is 10.6 Å². The van der Waals surface area contributed by atoms with Gasteiger partial charge in [-0.2, -0.15) is 5.10 Å². The Balaban J connectivity index is 2.25. The summed E-state index contributed by atoms with van der Waals surface area (Å²) in [6.07, 6.45) is 0.803. The molecule has 1 heterocycles. The van der Waals surface area contributed by atoms with Crippen molar-refractivity contribution in [2.45, 2.75) is 39.8 Å². The Bertz CT molecular complexity index is 606. The molecule has 0 bridgehead atoms. The highest BCUT2D eigenvalue weighted by Gasteiger charge is 2.15. The second kappa shape index (κ2) is 6.74. The van der Waals surface area contributed by atoms with Gasteiger partial charge in [0, 0.05) is 18.7 Å². The lowest BCUT2D eigenvalue weighted by Gasteiger charge is -2.18. The van der Waals surface area contributed by atoms with Gasteiger partial charge >= 0.3 is 0 Å². The van der Waals surface area contributed by atoms with Crippen LogP contribution in [0.15, 0.2) is 24.3 Å². The Morgan fingerprint density at radius 2 is 2.10 bits per heavy atom. The zero-order valence-electron chi connectivity index (χ0n) is 13.2. The lowest BCUT2D eigenvalue weighted by Crippen LogP contribution is -2.30. The molecule has 2 rings (SSSR count). The van der Waals surface area contributed by atoms with Crippen LogP contribution < -0.4 is 16.0 Å². The number of hydrogen-bond donors (Lipinski definition) is 2. The van der Waals surface area contributed by atoms with Gasteiger partial charge in [0.2, 0.25) is 0 Å². The van der Waals surface area contributed by atoms with Crippen molar-refractivity contribution in [3.8, 4) is 5.75 Å². The average molecular weight is 288 g/mol. The molecule has 5 heteroatoms. The molecule has 1 unspecified atom stereocenters. The van der Waals surface area contributed by atoms with E-state index < -0.39 is 0 Å². The van der Waals surface area contributed by atoms with E-state index in [1.807, 2.05) is 24.6 Å². The van der Waals surface area contributed by atoms with E-state index in [0.29, 0.717) is 0 Å². The average Bonchev–Trinajstić information content (AvgIpc) is 2.84. The monoisotopic (exact) mass is 288 g/mol. The fourth-order valence-electron chi connectivity index (χ4n) is 2.64. The summed E-state index contributed by atoms with van der Waals surface area (Å²) >= 11 is 0. The predicted molar refractivity (Wildman–Crippen MR) is 84.1 cm³/mol. The maximum atomic E-state index is 5.76. The Morgan fingerprint density at radius 1 is 1.33 bits per heavy atom. The summed E-state index contributed by atoms with van der Waals surface area (Å²) in [5.74, 6) is 6.65. The summed E-state index contributed by atoms with van der Waals surface area (Å²) in [7, 11) is 1.68. The minimum atomic E-state index is 0.0519. The molecular weight excluding hydrogens is 264 g/mol. The van der Waals surface area contributed by atoms with Crippen LogP contribution in [0.3, 0.4) is 0 Å². The number of nitrogens with two attached hydrogens (primary N) is 1. The molecular formula is C16H24N4O. The predicted octanol–water partition coefficient (Wildman–Crippen LogP) is 2.28. The summed E-state index contributed by atoms with van der Waals surface area (Å²) in [4.78, 5) is 0. The molecule has 0 aliphatic heterocycles. The molecule has 21 heavy (non-hydrogen) atoms. The number of rotatable bonds is 6. The van der Waals surface area contributed by atoms with Gasteiger partial charge in [-0.3, -0.25) is 16.0 Å². The van der Waals surface area contributed by atoms with E-state index in [-0.39, 0.29) is 6.04 Å². The molecule has 0 spiro atoms. The number of ether oxygens (including phenoxy) is 1. The van der Waals surface area contributed by atoms with Gasteiger partial charge in [-0.15, -0.1) is 0 Å². The van der Waals surface area contributed by atoms with E-state index in [9.17, 15) is 0 Å². The van der Waals surface area contributed by atoms with E-state index >= 15 is 0 Å². The minimum absolute atomic E-state index is 0.0519. The second-order valence-corrected chi connectivity index (χ2v) is 5.25. The highest BCUT2D eigenvalue weighted by molar-refractivity contribution is 5.37. The molecule has 0 saturated heterocycles. The number of hydrogen-bond acceptors (Lipinski definition) is 4. The van der Waals surface area contributed by atoms with Crippen LogP contribution in [0.2, 0.25) is 0 Å². The molecule has 2 aromatic rings. The maximum Gasteiger partial charge on any atom is 0.121 e. The number of hydrazine groups is 1. The van der Waals surface area contributed by atoms with Crippen molar-refractivity contribution in [3.05, 3.63) is 46.8 Å². The fourth-order valence-corrected chi connectivity index (χ4v) is 2.64. The van der Waals surface area contributed by atoms with Crippen LogP contribution in [0, 0.1) is 13.8 Å². The summed E-state index contributed by atoms with van der Waals surface area (Å²) in [5.41, 5.74) is 7.39. The van der Waals surface area contributed by atoms with Gasteiger partial charge in [-0.05, 0) is 44.0 Å². The van der Waals surface area contributed by atoms with Gasteiger partial charge in [-0.25, -0.2) is 0 Å². The lowest BCUT2D eigenvalue weighted by molar-refractivity contribution is 0.411. The SMILES string of the molecule is CCn1nc(C)cc1CC(NN)c1ccc(OC)c(C)c1. The second-order valence-electron chi connectivity index (χ2n) is 5.25. The molecule has 1 aromatic carbocycles. The van der Waals surface area contributed by atoms with E-state index in [2.05, 4.69) is 35.6 Å². The number of aryl methyl sites for hydroxylation is 3. The number of nitrogens with zero attached hydrogens (tertiary/aromatic N) is 2. The first-order valence-corrected chi connectivity index (χ1v) is 7.23. The van der Waals surface area contributed by atoms with Crippen LogP contribution >= 0.6 is 0 Å². The molecule has 1 atom stereocenters. The Hall–Kier alpha value is -1.85. The smallest absolute Gasteiger partial charge is 0.121 e. The van der Waals surface area contributed by atoms with Crippen molar-refractivity contribution in [2.24, 2.45) is 5.84 Å². The molecule has 1 aromatic heterocycles. The molecule has 114 valence electrons. The third-order valence-electron chi connectivity index (χ3n) is 3.72. The first-order valence-electron chi connectivity index (χ1n) is 7.23. The molecule has 0 amide bonds. The van der Waals surface area contributed by atoms with Gasteiger partial charge in [0.1, 0.15) is 5.75 Å². The Labute approximate surface area is 126 Å². The van der Waals surface area contributed by atoms with Crippen molar-refractivity contribution >= 4 is 0 Å². The zero-order chi connectivity index (χ0) is 15.4. The van der Waals surface area contributed by atoms with Crippen LogP contribution in [0.5, 0.6) is 5.75 Å².